The molecule has 0 aliphatic carbocycles. The molecule has 8 rings (SSSR count). The van der Waals surface area contributed by atoms with Crippen molar-refractivity contribution in [2.45, 2.75) is 78.9 Å². The third-order valence-electron chi connectivity index (χ3n) is 11.0. The smallest absolute Gasteiger partial charge is 0.188 e. The van der Waals surface area contributed by atoms with E-state index in [1.54, 1.807) is 0 Å². The molecule has 0 aliphatic rings. The second-order valence-electron chi connectivity index (χ2n) is 16.6. The molecule has 276 valence electrons. The summed E-state index contributed by atoms with van der Waals surface area (Å²) in [4.78, 5) is 5.04. The summed E-state index contributed by atoms with van der Waals surface area (Å²) in [6.45, 7) is 20.8. The number of hydrogen-bond acceptors (Lipinski definition) is 1. The minimum Gasteiger partial charge on any atom is -0.319 e. The zero-order chi connectivity index (χ0) is 37.2. The fourth-order valence-electron chi connectivity index (χ4n) is 8.02. The summed E-state index contributed by atoms with van der Waals surface area (Å²) in [5.41, 5.74) is 10.9. The number of imidazole rings is 1. The topological polar surface area (TPSA) is 27.7 Å². The average Bonchev–Trinajstić information content (AvgIpc) is 3.71. The first kappa shape index (κ1) is 37.7. The van der Waals surface area contributed by atoms with Crippen LogP contribution >= 0.6 is 0 Å². The van der Waals surface area contributed by atoms with E-state index in [1.165, 1.54) is 54.4 Å². The quantitative estimate of drug-likeness (QED) is 0.116. The second kappa shape index (κ2) is 14.3. The molecule has 5 aromatic carbocycles. The van der Waals surface area contributed by atoms with Gasteiger partial charge in [0.05, 0.1) is 13.6 Å². The Bertz CT molecular complexity index is 2630. The van der Waals surface area contributed by atoms with Gasteiger partial charge in [-0.05, 0) is 90.6 Å². The summed E-state index contributed by atoms with van der Waals surface area (Å²) in [5, 5.41) is 4.89. The molecule has 0 radical (unpaired) electrons. The summed E-state index contributed by atoms with van der Waals surface area (Å²) in [6, 6.07) is 47.7. The van der Waals surface area contributed by atoms with Crippen LogP contribution in [0.4, 0.5) is 0 Å². The normalized spacial score (nSPS) is 12.4. The Morgan fingerprint density at radius 2 is 1.30 bits per heavy atom. The van der Waals surface area contributed by atoms with Crippen molar-refractivity contribution >= 4 is 51.3 Å². The largest absolute Gasteiger partial charge is 0.319 e. The van der Waals surface area contributed by atoms with Crippen molar-refractivity contribution in [3.05, 3.63) is 145 Å². The molecular formula is C48H49N4PtSi-. The van der Waals surface area contributed by atoms with Crippen LogP contribution in [0.15, 0.2) is 122 Å². The molecule has 4 nitrogen and oxygen atoms in total. The molecule has 8 aromatic rings. The van der Waals surface area contributed by atoms with Crippen molar-refractivity contribution in [3.63, 3.8) is 0 Å². The Hall–Kier alpha value is -4.57. The van der Waals surface area contributed by atoms with E-state index in [1.807, 2.05) is 6.20 Å². The molecule has 0 fully saturated rings. The van der Waals surface area contributed by atoms with Gasteiger partial charge in [-0.1, -0.05) is 82.7 Å². The number of fused-ring (bicyclic) bond motifs is 4. The number of rotatable bonds is 7. The average molecular weight is 905 g/mol. The Labute approximate surface area is 335 Å². The van der Waals surface area contributed by atoms with Crippen LogP contribution in [-0.4, -0.2) is 26.8 Å². The van der Waals surface area contributed by atoms with Crippen molar-refractivity contribution in [1.82, 2.24) is 18.7 Å². The van der Waals surface area contributed by atoms with Crippen molar-refractivity contribution in [1.29, 1.82) is 0 Å². The molecule has 0 atom stereocenters. The van der Waals surface area contributed by atoms with Crippen LogP contribution < -0.4 is 10.4 Å². The van der Waals surface area contributed by atoms with E-state index < -0.39 is 8.07 Å². The van der Waals surface area contributed by atoms with Crippen LogP contribution in [0.5, 0.6) is 0 Å². The van der Waals surface area contributed by atoms with Crippen molar-refractivity contribution < 1.29 is 21.1 Å². The van der Waals surface area contributed by atoms with Gasteiger partial charge in [-0.3, -0.25) is 0 Å². The van der Waals surface area contributed by atoms with Gasteiger partial charge in [-0.25, -0.2) is 14.1 Å². The Kier molecular flexibility index (Phi) is 9.96. The van der Waals surface area contributed by atoms with E-state index in [4.69, 9.17) is 4.98 Å². The van der Waals surface area contributed by atoms with E-state index in [0.29, 0.717) is 11.8 Å². The van der Waals surface area contributed by atoms with Gasteiger partial charge in [-0.2, -0.15) is 40.7 Å². The fourth-order valence-corrected chi connectivity index (χ4v) is 10.2. The van der Waals surface area contributed by atoms with Crippen LogP contribution in [-0.2, 0) is 26.6 Å². The van der Waals surface area contributed by atoms with E-state index in [2.05, 4.69) is 203 Å². The first-order chi connectivity index (χ1) is 25.3. The molecule has 6 heteroatoms. The molecule has 3 aromatic heterocycles. The molecule has 0 N–H and O–H groups in total. The van der Waals surface area contributed by atoms with E-state index in [9.17, 15) is 0 Å². The van der Waals surface area contributed by atoms with Gasteiger partial charge in [0.1, 0.15) is 5.82 Å². The predicted molar refractivity (Wildman–Crippen MR) is 227 cm³/mol. The van der Waals surface area contributed by atoms with E-state index in [-0.39, 0.29) is 26.6 Å². The van der Waals surface area contributed by atoms with Gasteiger partial charge >= 0.3 is 0 Å². The maximum absolute atomic E-state index is 5.04. The fraction of sp³-hybridized carbons (Fsp3) is 0.250. The summed E-state index contributed by atoms with van der Waals surface area (Å²) < 4.78 is 6.98. The molecular weight excluding hydrogens is 856 g/mol. The number of pyridine rings is 1. The van der Waals surface area contributed by atoms with Gasteiger partial charge in [0.2, 0.25) is 0 Å². The first-order valence-electron chi connectivity index (χ1n) is 19.0. The molecule has 0 bridgehead atoms. The Morgan fingerprint density at radius 1 is 0.667 bits per heavy atom. The second-order valence-corrected chi connectivity index (χ2v) is 20.9. The standard InChI is InChI=1S/C48H49N4Si.Pt/c1-32(2)38-19-15-20-39(33(3)4)47(38)34-26-27-49-46(28-34)52-42-21-11-10-18-40(42)41-25-24-37(30-45(41)52)53(8,9)36-17-14-16-35(29-36)50-31-51(48(5,6)7)44-23-13-12-22-43(44)50;/h10-28,31-33H,1-9H3;/q-1;. The minimum absolute atomic E-state index is 0. The number of hydrogen-bond donors (Lipinski definition) is 0. The van der Waals surface area contributed by atoms with Crippen LogP contribution in [0.1, 0.15) is 71.4 Å². The predicted octanol–water partition coefficient (Wildman–Crippen LogP) is 11.3. The number of nitrogens with zero attached hydrogens (tertiary/aromatic N) is 4. The maximum Gasteiger partial charge on any atom is 0.188 e. The summed E-state index contributed by atoms with van der Waals surface area (Å²) in [6.07, 6.45) is 4.21. The number of para-hydroxylation sites is 3. The zero-order valence-corrected chi connectivity index (χ0v) is 36.1. The molecule has 0 saturated heterocycles. The monoisotopic (exact) mass is 904 g/mol. The maximum atomic E-state index is 5.04. The molecule has 0 aliphatic heterocycles. The third kappa shape index (κ3) is 6.40. The van der Waals surface area contributed by atoms with Crippen molar-refractivity contribution in [3.8, 4) is 22.6 Å². The molecule has 54 heavy (non-hydrogen) atoms. The van der Waals surface area contributed by atoms with Crippen LogP contribution in [0.2, 0.25) is 13.1 Å². The van der Waals surface area contributed by atoms with Crippen molar-refractivity contribution in [2.75, 3.05) is 0 Å². The van der Waals surface area contributed by atoms with Gasteiger partial charge < -0.3 is 4.57 Å². The van der Waals surface area contributed by atoms with Gasteiger partial charge in [0.15, 0.2) is 17.4 Å². The van der Waals surface area contributed by atoms with Gasteiger partial charge in [0, 0.05) is 50.6 Å². The van der Waals surface area contributed by atoms with Gasteiger partial charge in [-0.15, -0.1) is 17.5 Å². The molecule has 0 unspecified atom stereocenters. The van der Waals surface area contributed by atoms with Crippen LogP contribution in [0.25, 0.3) is 55.5 Å². The number of aromatic nitrogens is 4. The third-order valence-corrected chi connectivity index (χ3v) is 14.2. The first-order valence-corrected chi connectivity index (χ1v) is 22.0. The summed E-state index contributed by atoms with van der Waals surface area (Å²) in [5.74, 6) is 1.72. The summed E-state index contributed by atoms with van der Waals surface area (Å²) >= 11 is 0. The molecule has 0 spiro atoms. The summed E-state index contributed by atoms with van der Waals surface area (Å²) in [7, 11) is -2.28. The van der Waals surface area contributed by atoms with E-state index in [0.717, 1.165) is 22.5 Å². The molecule has 0 saturated carbocycles. The SMILES string of the molecule is CC(C)c1cccc(C(C)C)c1-c1ccnc(-n2c3[c-]c([Si](C)(C)c4[c-]c(-n5[cH+]n(C(C)(C)C)c6ccccc65)ccc4)ccc3c3ccccc32)c1.[Pt]. The molecule has 0 amide bonds. The van der Waals surface area contributed by atoms with Gasteiger partial charge in [0.25, 0.3) is 0 Å². The van der Waals surface area contributed by atoms with E-state index >= 15 is 0 Å². The molecule has 3 heterocycles. The Morgan fingerprint density at radius 3 is 1.98 bits per heavy atom. The van der Waals surface area contributed by atoms with Crippen LogP contribution in [0, 0.1) is 12.1 Å². The Balaban J connectivity index is 0.00000450. The van der Waals surface area contributed by atoms with Crippen molar-refractivity contribution in [2.24, 2.45) is 0 Å². The minimum atomic E-state index is -2.28. The zero-order valence-electron chi connectivity index (χ0n) is 32.8. The number of benzene rings is 5. The van der Waals surface area contributed by atoms with Crippen LogP contribution in [0.3, 0.4) is 0 Å².